The molecule has 5 rings (SSSR count). The summed E-state index contributed by atoms with van der Waals surface area (Å²) in [6.45, 7) is 3.99. The third-order valence-electron chi connectivity index (χ3n) is 6.01. The van der Waals surface area contributed by atoms with Crippen molar-refractivity contribution < 1.29 is 13.7 Å². The van der Waals surface area contributed by atoms with E-state index < -0.39 is 4.92 Å². The van der Waals surface area contributed by atoms with Crippen molar-refractivity contribution in [1.82, 2.24) is 4.98 Å². The van der Waals surface area contributed by atoms with Crippen LogP contribution in [0.15, 0.2) is 70.2 Å². The van der Waals surface area contributed by atoms with Gasteiger partial charge in [-0.15, -0.1) is 5.10 Å². The summed E-state index contributed by atoms with van der Waals surface area (Å²) in [5, 5.41) is 25.1. The highest BCUT2D eigenvalue weighted by Gasteiger charge is 2.24. The van der Waals surface area contributed by atoms with Gasteiger partial charge in [0.15, 0.2) is 0 Å². The number of aromatic nitrogens is 2. The smallest absolute Gasteiger partial charge is 0.269 e. The normalized spacial score (nSPS) is 11.3. The van der Waals surface area contributed by atoms with E-state index in [4.69, 9.17) is 4.42 Å². The van der Waals surface area contributed by atoms with Crippen molar-refractivity contribution in [3.05, 3.63) is 93.2 Å². The third kappa shape index (κ3) is 3.77. The molecule has 9 nitrogen and oxygen atoms in total. The predicted octanol–water partition coefficient (Wildman–Crippen LogP) is 5.26. The molecule has 0 aliphatic heterocycles. The van der Waals surface area contributed by atoms with E-state index in [1.54, 1.807) is 30.5 Å². The lowest BCUT2D eigenvalue weighted by Crippen LogP contribution is -2.28. The Bertz CT molecular complexity index is 1660. The molecule has 0 radical (unpaired) electrons. The summed E-state index contributed by atoms with van der Waals surface area (Å²) < 4.78 is 7.84. The monoisotopic (exact) mass is 465 g/mol. The first-order valence-corrected chi connectivity index (χ1v) is 11.0. The van der Waals surface area contributed by atoms with E-state index in [1.807, 2.05) is 42.5 Å². The van der Waals surface area contributed by atoms with Crippen molar-refractivity contribution in [2.45, 2.75) is 20.3 Å². The first-order chi connectivity index (χ1) is 17.0. The Hall–Kier alpha value is -4.97. The standard InChI is InChI=1S/C26H20N6O3/c1-3-20-16(2)21(14-27)25-29-22-6-4-5-7-23(22)31(25)26(20)30-28-15-19-12-13-24(35-19)17-8-10-18(11-9-17)32(33)34/h4-13,15H,3H2,1-2H3,(H,29,30)/p+1. The molecule has 3 heterocycles. The van der Waals surface area contributed by atoms with Gasteiger partial charge in [0, 0.05) is 23.3 Å². The zero-order valence-corrected chi connectivity index (χ0v) is 19.1. The van der Waals surface area contributed by atoms with Gasteiger partial charge in [-0.2, -0.15) is 15.1 Å². The van der Waals surface area contributed by atoms with Gasteiger partial charge < -0.3 is 4.42 Å². The maximum atomic E-state index is 10.9. The highest BCUT2D eigenvalue weighted by atomic mass is 16.6. The summed E-state index contributed by atoms with van der Waals surface area (Å²) in [5.74, 6) is 1.88. The average Bonchev–Trinajstić information content (AvgIpc) is 3.49. The molecule has 2 N–H and O–H groups in total. The van der Waals surface area contributed by atoms with Gasteiger partial charge in [0.2, 0.25) is 5.65 Å². The quantitative estimate of drug-likeness (QED) is 0.153. The molecule has 0 fully saturated rings. The van der Waals surface area contributed by atoms with Gasteiger partial charge in [-0.1, -0.05) is 19.1 Å². The summed E-state index contributed by atoms with van der Waals surface area (Å²) >= 11 is 0. The van der Waals surface area contributed by atoms with E-state index in [1.165, 1.54) is 12.1 Å². The van der Waals surface area contributed by atoms with E-state index in [9.17, 15) is 15.4 Å². The number of furan rings is 1. The van der Waals surface area contributed by atoms with Crippen molar-refractivity contribution in [3.63, 3.8) is 0 Å². The maximum Gasteiger partial charge on any atom is 0.269 e. The number of para-hydroxylation sites is 2. The number of anilines is 1. The molecular formula is C26H21N6O3+. The Morgan fingerprint density at radius 1 is 1.20 bits per heavy atom. The number of rotatable bonds is 6. The van der Waals surface area contributed by atoms with Crippen LogP contribution in [0.2, 0.25) is 0 Å². The number of pyridine rings is 1. The van der Waals surface area contributed by atoms with Crippen LogP contribution in [0.25, 0.3) is 28.0 Å². The molecule has 0 atom stereocenters. The third-order valence-corrected chi connectivity index (χ3v) is 6.01. The second-order valence-electron chi connectivity index (χ2n) is 7.99. The molecule has 0 bridgehead atoms. The molecule has 0 amide bonds. The number of imidazole rings is 1. The van der Waals surface area contributed by atoms with Gasteiger partial charge >= 0.3 is 0 Å². The number of nitro groups is 1. The lowest BCUT2D eigenvalue weighted by atomic mass is 10.0. The Balaban J connectivity index is 1.50. The van der Waals surface area contributed by atoms with Crippen molar-refractivity contribution in [2.75, 3.05) is 5.43 Å². The molecule has 35 heavy (non-hydrogen) atoms. The number of nitriles is 1. The molecule has 9 heteroatoms. The van der Waals surface area contributed by atoms with Crippen LogP contribution in [0.3, 0.4) is 0 Å². The number of non-ortho nitro benzene ring substituents is 1. The second kappa shape index (κ2) is 8.76. The highest BCUT2D eigenvalue weighted by Crippen LogP contribution is 2.26. The number of fused-ring (bicyclic) bond motifs is 3. The van der Waals surface area contributed by atoms with Crippen LogP contribution in [0, 0.1) is 28.4 Å². The van der Waals surface area contributed by atoms with Gasteiger partial charge in [-0.05, 0) is 55.3 Å². The van der Waals surface area contributed by atoms with Gasteiger partial charge in [-0.3, -0.25) is 15.1 Å². The number of benzene rings is 2. The van der Waals surface area contributed by atoms with E-state index in [0.29, 0.717) is 29.2 Å². The SMILES string of the molecule is CCc1c(C)c(C#N)c2[nH]c3ccccc3[n+]2c1NN=Cc1ccc(-c2ccc([N+](=O)[O-])cc2)o1. The fourth-order valence-corrected chi connectivity index (χ4v) is 4.29. The molecule has 3 aromatic heterocycles. The molecule has 0 aliphatic carbocycles. The molecule has 0 saturated carbocycles. The van der Waals surface area contributed by atoms with E-state index in [2.05, 4.69) is 21.6 Å². The fourth-order valence-electron chi connectivity index (χ4n) is 4.29. The predicted molar refractivity (Wildman–Crippen MR) is 132 cm³/mol. The number of hydrogen-bond acceptors (Lipinski definition) is 6. The van der Waals surface area contributed by atoms with Crippen LogP contribution >= 0.6 is 0 Å². The van der Waals surface area contributed by atoms with Crippen molar-refractivity contribution in [3.8, 4) is 17.4 Å². The first kappa shape index (κ1) is 21.9. The van der Waals surface area contributed by atoms with Crippen LogP contribution in [-0.2, 0) is 6.42 Å². The Morgan fingerprint density at radius 2 is 1.97 bits per heavy atom. The molecule has 5 aromatic rings. The summed E-state index contributed by atoms with van der Waals surface area (Å²) in [4.78, 5) is 13.8. The van der Waals surface area contributed by atoms with E-state index in [-0.39, 0.29) is 5.69 Å². The number of H-pyrrole nitrogens is 1. The Labute approximate surface area is 200 Å². The number of hydrazone groups is 1. The fraction of sp³-hybridized carbons (Fsp3) is 0.115. The van der Waals surface area contributed by atoms with E-state index in [0.717, 1.165) is 33.5 Å². The number of nitro benzene ring substituents is 1. The minimum atomic E-state index is -0.437. The van der Waals surface area contributed by atoms with Crippen LogP contribution in [0.4, 0.5) is 11.5 Å². The van der Waals surface area contributed by atoms with Crippen LogP contribution in [0.1, 0.15) is 29.4 Å². The molecule has 172 valence electrons. The minimum absolute atomic E-state index is 0.0248. The molecular weight excluding hydrogens is 444 g/mol. The highest BCUT2D eigenvalue weighted by molar-refractivity contribution is 5.80. The van der Waals surface area contributed by atoms with Gasteiger partial charge in [0.25, 0.3) is 11.5 Å². The maximum absolute atomic E-state index is 10.9. The van der Waals surface area contributed by atoms with Gasteiger partial charge in [-0.25, -0.2) is 0 Å². The largest absolute Gasteiger partial charge is 0.455 e. The lowest BCUT2D eigenvalue weighted by Gasteiger charge is -2.10. The Morgan fingerprint density at radius 3 is 2.69 bits per heavy atom. The zero-order valence-electron chi connectivity index (χ0n) is 19.1. The summed E-state index contributed by atoms with van der Waals surface area (Å²) in [5.41, 5.74) is 8.98. The molecule has 0 aliphatic rings. The molecule has 2 aromatic carbocycles. The molecule has 0 saturated heterocycles. The number of hydrogen-bond donors (Lipinski definition) is 2. The topological polar surface area (TPSA) is 124 Å². The summed E-state index contributed by atoms with van der Waals surface area (Å²) in [6.07, 6.45) is 2.29. The minimum Gasteiger partial charge on any atom is -0.455 e. The van der Waals surface area contributed by atoms with Crippen molar-refractivity contribution in [2.24, 2.45) is 5.10 Å². The van der Waals surface area contributed by atoms with Crippen molar-refractivity contribution >= 4 is 34.4 Å². The van der Waals surface area contributed by atoms with Crippen LogP contribution in [0.5, 0.6) is 0 Å². The van der Waals surface area contributed by atoms with Gasteiger partial charge in [0.1, 0.15) is 40.4 Å². The number of aromatic amines is 1. The number of nitrogens with one attached hydrogen (secondary N) is 2. The molecule has 0 unspecified atom stereocenters. The first-order valence-electron chi connectivity index (χ1n) is 11.0. The summed E-state index contributed by atoms with van der Waals surface area (Å²) in [6, 6.07) is 20.0. The Kier molecular flexibility index (Phi) is 5.47. The van der Waals surface area contributed by atoms with Crippen LogP contribution in [-0.4, -0.2) is 16.1 Å². The van der Waals surface area contributed by atoms with Crippen molar-refractivity contribution in [1.29, 1.82) is 5.26 Å². The van der Waals surface area contributed by atoms with Gasteiger partial charge in [0.05, 0.1) is 4.92 Å². The zero-order chi connectivity index (χ0) is 24.5. The molecule has 0 spiro atoms. The summed E-state index contributed by atoms with van der Waals surface area (Å²) in [7, 11) is 0. The number of nitrogens with zero attached hydrogens (tertiary/aromatic N) is 4. The second-order valence-corrected chi connectivity index (χ2v) is 7.99. The average molecular weight is 465 g/mol. The van der Waals surface area contributed by atoms with Crippen LogP contribution < -0.4 is 9.83 Å². The lowest BCUT2D eigenvalue weighted by molar-refractivity contribution is -0.465. The van der Waals surface area contributed by atoms with E-state index >= 15 is 0 Å².